The number of esters is 1. The highest BCUT2D eigenvalue weighted by molar-refractivity contribution is 7.15. The van der Waals surface area contributed by atoms with Crippen molar-refractivity contribution in [2.75, 3.05) is 12.4 Å². The standard InChI is InChI=1S/C21H14Cl2FNO3S/c1-28-21(27)19-16(12-3-7-15(24)8-4-12)11-29-20(19)25-18(26)9-5-13-2-6-14(22)10-17(13)23/h2-11H,1H3,(H,25,26). The summed E-state index contributed by atoms with van der Waals surface area (Å²) < 4.78 is 18.1. The SMILES string of the molecule is COC(=O)c1c(-c2ccc(F)cc2)csc1NC(=O)C=Cc1ccc(Cl)cc1Cl. The number of amides is 1. The Morgan fingerprint density at radius 2 is 1.86 bits per heavy atom. The van der Waals surface area contributed by atoms with Crippen LogP contribution in [-0.2, 0) is 9.53 Å². The molecule has 8 heteroatoms. The average molecular weight is 450 g/mol. The zero-order chi connectivity index (χ0) is 21.0. The van der Waals surface area contributed by atoms with E-state index in [0.29, 0.717) is 31.7 Å². The zero-order valence-electron chi connectivity index (χ0n) is 15.0. The summed E-state index contributed by atoms with van der Waals surface area (Å²) in [7, 11) is 1.25. The minimum atomic E-state index is -0.606. The van der Waals surface area contributed by atoms with Gasteiger partial charge in [0.1, 0.15) is 16.4 Å². The van der Waals surface area contributed by atoms with Crippen molar-refractivity contribution in [1.82, 2.24) is 0 Å². The third-order valence-corrected chi connectivity index (χ3v) is 5.41. The van der Waals surface area contributed by atoms with Gasteiger partial charge in [-0.2, -0.15) is 0 Å². The summed E-state index contributed by atoms with van der Waals surface area (Å²) in [6.07, 6.45) is 2.84. The Balaban J connectivity index is 1.86. The van der Waals surface area contributed by atoms with Crippen molar-refractivity contribution < 1.29 is 18.7 Å². The number of rotatable bonds is 5. The first-order valence-electron chi connectivity index (χ1n) is 8.29. The molecule has 0 saturated carbocycles. The normalized spacial score (nSPS) is 10.9. The number of hydrogen-bond donors (Lipinski definition) is 1. The van der Waals surface area contributed by atoms with Crippen LogP contribution in [0.2, 0.25) is 10.0 Å². The van der Waals surface area contributed by atoms with Crippen LogP contribution < -0.4 is 5.32 Å². The van der Waals surface area contributed by atoms with E-state index in [2.05, 4.69) is 5.32 Å². The molecule has 0 unspecified atom stereocenters. The summed E-state index contributed by atoms with van der Waals surface area (Å²) in [5.41, 5.74) is 2.00. The van der Waals surface area contributed by atoms with Gasteiger partial charge in [0.25, 0.3) is 0 Å². The van der Waals surface area contributed by atoms with Gasteiger partial charge < -0.3 is 10.1 Å². The molecule has 0 radical (unpaired) electrons. The highest BCUT2D eigenvalue weighted by Gasteiger charge is 2.22. The summed E-state index contributed by atoms with van der Waals surface area (Å²) in [6, 6.07) is 10.6. The Labute approximate surface area is 180 Å². The van der Waals surface area contributed by atoms with E-state index in [1.165, 1.54) is 36.7 Å². The molecule has 148 valence electrons. The van der Waals surface area contributed by atoms with Crippen LogP contribution in [-0.4, -0.2) is 19.0 Å². The predicted octanol–water partition coefficient (Wildman–Crippen LogP) is 6.30. The lowest BCUT2D eigenvalue weighted by Crippen LogP contribution is -2.11. The average Bonchev–Trinajstić information content (AvgIpc) is 3.10. The van der Waals surface area contributed by atoms with E-state index >= 15 is 0 Å². The first kappa shape index (κ1) is 21.0. The first-order valence-corrected chi connectivity index (χ1v) is 9.92. The third kappa shape index (κ3) is 5.03. The quantitative estimate of drug-likeness (QED) is 0.367. The molecule has 0 bridgehead atoms. The van der Waals surface area contributed by atoms with Crippen molar-refractivity contribution in [3.63, 3.8) is 0 Å². The molecule has 0 spiro atoms. The van der Waals surface area contributed by atoms with Gasteiger partial charge in [-0.25, -0.2) is 9.18 Å². The second-order valence-corrected chi connectivity index (χ2v) is 7.56. The molecule has 1 N–H and O–H groups in total. The molecule has 1 amide bonds. The van der Waals surface area contributed by atoms with E-state index in [1.807, 2.05) is 0 Å². The molecule has 29 heavy (non-hydrogen) atoms. The smallest absolute Gasteiger partial charge is 0.341 e. The molecule has 4 nitrogen and oxygen atoms in total. The van der Waals surface area contributed by atoms with Gasteiger partial charge in [-0.3, -0.25) is 4.79 Å². The molecular formula is C21H14Cl2FNO3S. The second-order valence-electron chi connectivity index (χ2n) is 5.84. The summed E-state index contributed by atoms with van der Waals surface area (Å²) in [5, 5.41) is 5.61. The monoisotopic (exact) mass is 449 g/mol. The summed E-state index contributed by atoms with van der Waals surface area (Å²) in [4.78, 5) is 24.7. The number of hydrogen-bond acceptors (Lipinski definition) is 4. The molecule has 0 aliphatic heterocycles. The van der Waals surface area contributed by atoms with Crippen LogP contribution in [0.3, 0.4) is 0 Å². The van der Waals surface area contributed by atoms with Crippen molar-refractivity contribution in [2.24, 2.45) is 0 Å². The number of halogens is 3. The molecule has 0 fully saturated rings. The van der Waals surface area contributed by atoms with Crippen molar-refractivity contribution in [3.05, 3.63) is 80.9 Å². The number of thiophene rings is 1. The number of methoxy groups -OCH3 is 1. The van der Waals surface area contributed by atoms with Gasteiger partial charge in [0.2, 0.25) is 5.91 Å². The van der Waals surface area contributed by atoms with Crippen molar-refractivity contribution in [1.29, 1.82) is 0 Å². The highest BCUT2D eigenvalue weighted by Crippen LogP contribution is 2.36. The minimum Gasteiger partial charge on any atom is -0.465 e. The van der Waals surface area contributed by atoms with Gasteiger partial charge in [0.15, 0.2) is 0 Å². The van der Waals surface area contributed by atoms with E-state index in [-0.39, 0.29) is 11.4 Å². The van der Waals surface area contributed by atoms with Crippen LogP contribution in [0, 0.1) is 5.82 Å². The van der Waals surface area contributed by atoms with Crippen LogP contribution in [0.4, 0.5) is 9.39 Å². The maximum absolute atomic E-state index is 13.2. The summed E-state index contributed by atoms with van der Waals surface area (Å²) in [5.74, 6) is -1.44. The molecular weight excluding hydrogens is 436 g/mol. The maximum atomic E-state index is 13.2. The fraction of sp³-hybridized carbons (Fsp3) is 0.0476. The number of nitrogens with one attached hydrogen (secondary N) is 1. The molecule has 0 atom stereocenters. The lowest BCUT2D eigenvalue weighted by Gasteiger charge is -2.07. The Hall–Kier alpha value is -2.67. The van der Waals surface area contributed by atoms with Crippen LogP contribution in [0.15, 0.2) is 53.9 Å². The van der Waals surface area contributed by atoms with Gasteiger partial charge in [-0.1, -0.05) is 41.4 Å². The van der Waals surface area contributed by atoms with E-state index in [0.717, 1.165) is 0 Å². The van der Waals surface area contributed by atoms with Gasteiger partial charge >= 0.3 is 5.97 Å². The summed E-state index contributed by atoms with van der Waals surface area (Å²) >= 11 is 13.1. The summed E-state index contributed by atoms with van der Waals surface area (Å²) in [6.45, 7) is 0. The lowest BCUT2D eigenvalue weighted by atomic mass is 10.0. The Bertz CT molecular complexity index is 1090. The second kappa shape index (κ2) is 9.22. The first-order chi connectivity index (χ1) is 13.9. The Morgan fingerprint density at radius 1 is 1.14 bits per heavy atom. The van der Waals surface area contributed by atoms with Crippen LogP contribution >= 0.6 is 34.5 Å². The number of anilines is 1. The topological polar surface area (TPSA) is 55.4 Å². The Morgan fingerprint density at radius 3 is 2.52 bits per heavy atom. The van der Waals surface area contributed by atoms with Crippen molar-refractivity contribution >= 4 is 57.5 Å². The molecule has 0 aliphatic carbocycles. The van der Waals surface area contributed by atoms with E-state index in [9.17, 15) is 14.0 Å². The largest absolute Gasteiger partial charge is 0.465 e. The molecule has 3 rings (SSSR count). The number of ether oxygens (including phenoxy) is 1. The van der Waals surface area contributed by atoms with Crippen molar-refractivity contribution in [3.8, 4) is 11.1 Å². The van der Waals surface area contributed by atoms with Gasteiger partial charge in [-0.05, 0) is 41.5 Å². The minimum absolute atomic E-state index is 0.204. The molecule has 3 aromatic rings. The molecule has 0 aliphatic rings. The highest BCUT2D eigenvalue weighted by atomic mass is 35.5. The molecule has 0 saturated heterocycles. The zero-order valence-corrected chi connectivity index (χ0v) is 17.4. The number of benzene rings is 2. The fourth-order valence-electron chi connectivity index (χ4n) is 2.55. The Kier molecular flexibility index (Phi) is 6.69. The van der Waals surface area contributed by atoms with Crippen LogP contribution in [0.25, 0.3) is 17.2 Å². The van der Waals surface area contributed by atoms with Gasteiger partial charge in [-0.15, -0.1) is 11.3 Å². The number of carbonyl (C=O) groups excluding carboxylic acids is 2. The fourth-order valence-corrected chi connectivity index (χ4v) is 3.98. The van der Waals surface area contributed by atoms with Crippen LogP contribution in [0.5, 0.6) is 0 Å². The van der Waals surface area contributed by atoms with E-state index in [1.54, 1.807) is 41.8 Å². The van der Waals surface area contributed by atoms with Crippen LogP contribution in [0.1, 0.15) is 15.9 Å². The van der Waals surface area contributed by atoms with Gasteiger partial charge in [0.05, 0.1) is 7.11 Å². The number of carbonyl (C=O) groups is 2. The van der Waals surface area contributed by atoms with Gasteiger partial charge in [0, 0.05) is 27.1 Å². The molecule has 1 aromatic heterocycles. The third-order valence-electron chi connectivity index (χ3n) is 3.95. The lowest BCUT2D eigenvalue weighted by molar-refractivity contribution is -0.111. The predicted molar refractivity (Wildman–Crippen MR) is 115 cm³/mol. The van der Waals surface area contributed by atoms with E-state index in [4.69, 9.17) is 27.9 Å². The molecule has 2 aromatic carbocycles. The van der Waals surface area contributed by atoms with Crippen molar-refractivity contribution in [2.45, 2.75) is 0 Å². The maximum Gasteiger partial charge on any atom is 0.341 e. The molecule has 1 heterocycles. The van der Waals surface area contributed by atoms with E-state index < -0.39 is 11.9 Å².